The Balaban J connectivity index is 1.84. The first-order valence-corrected chi connectivity index (χ1v) is 7.11. The van der Waals surface area contributed by atoms with Crippen molar-refractivity contribution in [3.63, 3.8) is 0 Å². The third-order valence-corrected chi connectivity index (χ3v) is 3.50. The van der Waals surface area contributed by atoms with Crippen molar-refractivity contribution in [3.8, 4) is 0 Å². The minimum absolute atomic E-state index is 0.0624. The number of nitrogens with one attached hydrogen (secondary N) is 1. The Morgan fingerprint density at radius 2 is 2.12 bits per heavy atom. The van der Waals surface area contributed by atoms with E-state index in [-0.39, 0.29) is 5.95 Å². The molecule has 0 bridgehead atoms. The average molecular weight is 333 g/mol. The number of anilines is 1. The van der Waals surface area contributed by atoms with Gasteiger partial charge in [0.2, 0.25) is 5.95 Å². The molecule has 0 aromatic carbocycles. The summed E-state index contributed by atoms with van der Waals surface area (Å²) in [6, 6.07) is 5.65. The number of rotatable bonds is 4. The Morgan fingerprint density at radius 3 is 2.83 bits per heavy atom. The van der Waals surface area contributed by atoms with Crippen LogP contribution < -0.4 is 5.32 Å². The molecule has 0 atom stereocenters. The standard InChI is InChI=1S/C16H14F3N5/c1-10(12-4-6-24-13(7-12)3-5-22-24)14-8-20-15(23-11(14)2)21-9-16(17,18)19/h3-8H,1,9H2,2H3,(H,20,21,23). The first kappa shape index (κ1) is 16.0. The zero-order valence-corrected chi connectivity index (χ0v) is 12.8. The molecule has 0 aliphatic heterocycles. The summed E-state index contributed by atoms with van der Waals surface area (Å²) in [5.41, 5.74) is 3.70. The van der Waals surface area contributed by atoms with E-state index in [2.05, 4.69) is 27.0 Å². The molecule has 0 saturated heterocycles. The first-order valence-electron chi connectivity index (χ1n) is 7.11. The smallest absolute Gasteiger partial charge is 0.345 e. The van der Waals surface area contributed by atoms with Crippen molar-refractivity contribution >= 4 is 17.0 Å². The fourth-order valence-corrected chi connectivity index (χ4v) is 2.29. The molecule has 0 aliphatic rings. The van der Waals surface area contributed by atoms with Gasteiger partial charge < -0.3 is 5.32 Å². The fraction of sp³-hybridized carbons (Fsp3) is 0.188. The van der Waals surface area contributed by atoms with E-state index >= 15 is 0 Å². The molecule has 3 aromatic rings. The van der Waals surface area contributed by atoms with Gasteiger partial charge in [-0.15, -0.1) is 0 Å². The van der Waals surface area contributed by atoms with Crippen molar-refractivity contribution in [3.05, 3.63) is 60.2 Å². The highest BCUT2D eigenvalue weighted by atomic mass is 19.4. The molecule has 3 heterocycles. The molecule has 8 heteroatoms. The average Bonchev–Trinajstić information content (AvgIpc) is 2.99. The van der Waals surface area contributed by atoms with Crippen LogP contribution in [0.15, 0.2) is 43.4 Å². The van der Waals surface area contributed by atoms with Crippen molar-refractivity contribution in [1.82, 2.24) is 19.6 Å². The summed E-state index contributed by atoms with van der Waals surface area (Å²) in [6.07, 6.45) is 0.660. The van der Waals surface area contributed by atoms with E-state index in [1.54, 1.807) is 17.6 Å². The number of alkyl halides is 3. The van der Waals surface area contributed by atoms with E-state index in [4.69, 9.17) is 0 Å². The van der Waals surface area contributed by atoms with E-state index < -0.39 is 12.7 Å². The largest absolute Gasteiger partial charge is 0.405 e. The Hall–Kier alpha value is -2.90. The van der Waals surface area contributed by atoms with E-state index in [0.717, 1.165) is 11.1 Å². The lowest BCUT2D eigenvalue weighted by Gasteiger charge is -2.12. The molecule has 0 amide bonds. The summed E-state index contributed by atoms with van der Waals surface area (Å²) >= 11 is 0. The number of aryl methyl sites for hydroxylation is 1. The van der Waals surface area contributed by atoms with Crippen LogP contribution in [0.2, 0.25) is 0 Å². The molecule has 5 nitrogen and oxygen atoms in total. The number of hydrogen-bond donors (Lipinski definition) is 1. The number of halogens is 3. The molecule has 0 radical (unpaired) electrons. The summed E-state index contributed by atoms with van der Waals surface area (Å²) in [4.78, 5) is 8.02. The second kappa shape index (κ2) is 5.95. The number of nitrogens with zero attached hydrogens (tertiary/aromatic N) is 4. The van der Waals surface area contributed by atoms with Gasteiger partial charge in [-0.25, -0.2) is 14.5 Å². The molecule has 124 valence electrons. The third kappa shape index (κ3) is 3.37. The molecule has 0 spiro atoms. The SMILES string of the molecule is C=C(c1ccn2nccc2c1)c1cnc(NCC(F)(F)F)nc1C. The second-order valence-electron chi connectivity index (χ2n) is 5.26. The van der Waals surface area contributed by atoms with Crippen LogP contribution in [0.4, 0.5) is 19.1 Å². The van der Waals surface area contributed by atoms with E-state index in [1.165, 1.54) is 6.20 Å². The lowest BCUT2D eigenvalue weighted by Crippen LogP contribution is -2.22. The predicted octanol–water partition coefficient (Wildman–Crippen LogP) is 3.47. The van der Waals surface area contributed by atoms with Gasteiger partial charge >= 0.3 is 6.18 Å². The highest BCUT2D eigenvalue weighted by Gasteiger charge is 2.27. The third-order valence-electron chi connectivity index (χ3n) is 3.50. The topological polar surface area (TPSA) is 55.1 Å². The first-order chi connectivity index (χ1) is 11.3. The van der Waals surface area contributed by atoms with Crippen LogP contribution in [0.1, 0.15) is 16.8 Å². The number of fused-ring (bicyclic) bond motifs is 1. The highest BCUT2D eigenvalue weighted by Crippen LogP contribution is 2.25. The lowest BCUT2D eigenvalue weighted by atomic mass is 10.0. The lowest BCUT2D eigenvalue weighted by molar-refractivity contribution is -0.115. The molecular weight excluding hydrogens is 319 g/mol. The minimum atomic E-state index is -4.32. The predicted molar refractivity (Wildman–Crippen MR) is 84.6 cm³/mol. The molecule has 0 saturated carbocycles. The fourth-order valence-electron chi connectivity index (χ4n) is 2.29. The highest BCUT2D eigenvalue weighted by molar-refractivity contribution is 5.80. The van der Waals surface area contributed by atoms with Crippen LogP contribution in [0, 0.1) is 6.92 Å². The maximum absolute atomic E-state index is 12.2. The Morgan fingerprint density at radius 1 is 1.33 bits per heavy atom. The monoisotopic (exact) mass is 333 g/mol. The van der Waals surface area contributed by atoms with Gasteiger partial charge in [0, 0.05) is 24.2 Å². The van der Waals surface area contributed by atoms with Gasteiger partial charge in [0.15, 0.2) is 0 Å². The van der Waals surface area contributed by atoms with Crippen LogP contribution in [0.5, 0.6) is 0 Å². The van der Waals surface area contributed by atoms with Crippen molar-refractivity contribution in [2.75, 3.05) is 11.9 Å². The summed E-state index contributed by atoms with van der Waals surface area (Å²) in [5.74, 6) is -0.0624. The van der Waals surface area contributed by atoms with Gasteiger partial charge in [0.25, 0.3) is 0 Å². The van der Waals surface area contributed by atoms with Gasteiger partial charge in [-0.3, -0.25) is 0 Å². The minimum Gasteiger partial charge on any atom is -0.345 e. The molecule has 0 aliphatic carbocycles. The van der Waals surface area contributed by atoms with E-state index in [9.17, 15) is 13.2 Å². The molecule has 3 aromatic heterocycles. The van der Waals surface area contributed by atoms with Crippen molar-refractivity contribution in [2.24, 2.45) is 0 Å². The quantitative estimate of drug-likeness (QED) is 0.794. The maximum Gasteiger partial charge on any atom is 0.405 e. The molecule has 1 N–H and O–H groups in total. The van der Waals surface area contributed by atoms with Crippen LogP contribution in [-0.4, -0.2) is 32.3 Å². The van der Waals surface area contributed by atoms with E-state index in [1.807, 2.05) is 24.4 Å². The van der Waals surface area contributed by atoms with Gasteiger partial charge in [-0.1, -0.05) is 6.58 Å². The Bertz CT molecular complexity index is 898. The number of aromatic nitrogens is 4. The summed E-state index contributed by atoms with van der Waals surface area (Å²) in [6.45, 7) is 4.58. The van der Waals surface area contributed by atoms with Gasteiger partial charge in [-0.2, -0.15) is 18.3 Å². The van der Waals surface area contributed by atoms with Gasteiger partial charge in [0.1, 0.15) is 6.54 Å². The van der Waals surface area contributed by atoms with Crippen LogP contribution in [0.25, 0.3) is 11.1 Å². The van der Waals surface area contributed by atoms with Crippen molar-refractivity contribution in [1.29, 1.82) is 0 Å². The summed E-state index contributed by atoms with van der Waals surface area (Å²) in [5, 5.41) is 6.29. The van der Waals surface area contributed by atoms with Gasteiger partial charge in [0.05, 0.1) is 11.2 Å². The summed E-state index contributed by atoms with van der Waals surface area (Å²) < 4.78 is 38.4. The zero-order chi connectivity index (χ0) is 17.3. The second-order valence-corrected chi connectivity index (χ2v) is 5.26. The van der Waals surface area contributed by atoms with Gasteiger partial charge in [-0.05, 0) is 36.3 Å². The number of hydrogen-bond acceptors (Lipinski definition) is 4. The van der Waals surface area contributed by atoms with Crippen LogP contribution in [-0.2, 0) is 0 Å². The van der Waals surface area contributed by atoms with Crippen LogP contribution in [0.3, 0.4) is 0 Å². The number of pyridine rings is 1. The molecule has 3 rings (SSSR count). The zero-order valence-electron chi connectivity index (χ0n) is 12.8. The van der Waals surface area contributed by atoms with E-state index in [0.29, 0.717) is 16.8 Å². The Kier molecular flexibility index (Phi) is 3.96. The Labute approximate surface area is 135 Å². The van der Waals surface area contributed by atoms with Crippen molar-refractivity contribution < 1.29 is 13.2 Å². The summed E-state index contributed by atoms with van der Waals surface area (Å²) in [7, 11) is 0. The molecular formula is C16H14F3N5. The maximum atomic E-state index is 12.2. The van der Waals surface area contributed by atoms with Crippen LogP contribution >= 0.6 is 0 Å². The molecule has 24 heavy (non-hydrogen) atoms. The normalized spacial score (nSPS) is 11.7. The molecule has 0 fully saturated rings. The molecule has 0 unspecified atom stereocenters. The van der Waals surface area contributed by atoms with Crippen molar-refractivity contribution in [2.45, 2.75) is 13.1 Å².